The van der Waals surface area contributed by atoms with Gasteiger partial charge in [-0.3, -0.25) is 28.9 Å². The van der Waals surface area contributed by atoms with E-state index < -0.39 is 99.4 Å². The molecule has 3 aliphatic rings. The highest BCUT2D eigenvalue weighted by atomic mass is 28.4. The molecular formula is C53H69NO15Si. The van der Waals surface area contributed by atoms with Gasteiger partial charge in [-0.2, -0.15) is 0 Å². The van der Waals surface area contributed by atoms with Crippen molar-refractivity contribution >= 4 is 38.0 Å². The van der Waals surface area contributed by atoms with Gasteiger partial charge in [0.1, 0.15) is 43.2 Å². The van der Waals surface area contributed by atoms with Crippen LogP contribution in [0.5, 0.6) is 0 Å². The van der Waals surface area contributed by atoms with Crippen LogP contribution in [0.1, 0.15) is 79.0 Å². The van der Waals surface area contributed by atoms with Gasteiger partial charge in [-0.05, 0) is 54.6 Å². The molecule has 2 fully saturated rings. The normalized spacial score (nSPS) is 26.4. The summed E-state index contributed by atoms with van der Waals surface area (Å²) in [5.74, 6) is -3.18. The number of rotatable bonds is 21. The lowest BCUT2D eigenvalue weighted by molar-refractivity contribution is -0.356. The Morgan fingerprint density at radius 2 is 1.07 bits per heavy atom. The van der Waals surface area contributed by atoms with Crippen LogP contribution in [0.3, 0.4) is 0 Å². The molecule has 3 aliphatic heterocycles. The van der Waals surface area contributed by atoms with Crippen molar-refractivity contribution in [3.8, 4) is 0 Å². The number of hydrogen-bond donors (Lipinski definition) is 0. The summed E-state index contributed by atoms with van der Waals surface area (Å²) in [4.78, 5) is 68.9. The minimum Gasteiger partial charge on any atom is -0.463 e. The van der Waals surface area contributed by atoms with Gasteiger partial charge < -0.3 is 47.1 Å². The van der Waals surface area contributed by atoms with Crippen LogP contribution in [0.25, 0.3) is 0 Å². The van der Waals surface area contributed by atoms with E-state index in [2.05, 4.69) is 27.7 Å². The van der Waals surface area contributed by atoms with Crippen LogP contribution < -0.4 is 0 Å². The van der Waals surface area contributed by atoms with E-state index in [1.165, 1.54) is 20.8 Å². The largest absolute Gasteiger partial charge is 0.463 e. The van der Waals surface area contributed by atoms with Gasteiger partial charge in [0.05, 0.1) is 26.4 Å². The van der Waals surface area contributed by atoms with E-state index in [1.54, 1.807) is 13.8 Å². The van der Waals surface area contributed by atoms with Gasteiger partial charge in [0.25, 0.3) is 11.8 Å². The molecule has 0 bridgehead atoms. The lowest BCUT2D eigenvalue weighted by Gasteiger charge is -2.53. The lowest BCUT2D eigenvalue weighted by atomic mass is 9.93. The summed E-state index contributed by atoms with van der Waals surface area (Å²) in [5, 5.41) is -0.383. The maximum atomic E-state index is 14.3. The first-order valence-electron chi connectivity index (χ1n) is 23.8. The summed E-state index contributed by atoms with van der Waals surface area (Å²) < 4.78 is 65.4. The van der Waals surface area contributed by atoms with Crippen molar-refractivity contribution in [1.82, 2.24) is 4.90 Å². The van der Waals surface area contributed by atoms with E-state index in [0.717, 1.165) is 21.6 Å². The van der Waals surface area contributed by atoms with Gasteiger partial charge in [-0.1, -0.05) is 119 Å². The molecule has 2 amide bonds. The van der Waals surface area contributed by atoms with Gasteiger partial charge >= 0.3 is 17.9 Å². The molecular weight excluding hydrogens is 919 g/mol. The zero-order valence-electron chi connectivity index (χ0n) is 42.1. The third-order valence-electron chi connectivity index (χ3n) is 13.9. The van der Waals surface area contributed by atoms with E-state index in [0.29, 0.717) is 0 Å². The molecule has 3 aromatic carbocycles. The molecule has 0 saturated carbocycles. The average Bonchev–Trinajstić information content (AvgIpc) is 3.50. The quantitative estimate of drug-likeness (QED) is 0.0447. The first kappa shape index (κ1) is 54.2. The molecule has 0 radical (unpaired) electrons. The van der Waals surface area contributed by atoms with Crippen LogP contribution in [0.15, 0.2) is 102 Å². The second-order valence-corrected chi connectivity index (χ2v) is 23.9. The molecule has 6 rings (SSSR count). The Labute approximate surface area is 412 Å². The highest BCUT2D eigenvalue weighted by Crippen LogP contribution is 2.47. The number of imide groups is 1. The Morgan fingerprint density at radius 1 is 0.614 bits per heavy atom. The number of amides is 2. The third-order valence-corrected chi connectivity index (χ3v) is 18.4. The first-order chi connectivity index (χ1) is 33.2. The van der Waals surface area contributed by atoms with Crippen LogP contribution in [-0.2, 0) is 90.9 Å². The highest BCUT2D eigenvalue weighted by molar-refractivity contribution is 6.74. The Morgan fingerprint density at radius 3 is 1.56 bits per heavy atom. The zero-order chi connectivity index (χ0) is 50.9. The molecule has 3 aromatic rings. The SMILES string of the molecule is CC(=O)OC[C@H]1O[C@@H](O[C@H]2[C@H](OC(C)=O)[C@@H](N3C(=O)C(C)=C(C)C3=O)[C@H](O[Si](C)(C)C(C)(C)C(C)C)O[C@@H]2COCc2ccccc2)[C@H](OC(C)=O)[C@@H](OCc2ccccc2)[C@@H]1OCc1ccccc1. The number of benzene rings is 3. The maximum Gasteiger partial charge on any atom is 0.303 e. The third kappa shape index (κ3) is 13.0. The number of carbonyl (C=O) groups excluding carboxylic acids is 5. The Hall–Kier alpha value is -5.11. The molecule has 17 heteroatoms. The predicted octanol–water partition coefficient (Wildman–Crippen LogP) is 7.37. The highest BCUT2D eigenvalue weighted by Gasteiger charge is 2.60. The van der Waals surface area contributed by atoms with E-state index in [1.807, 2.05) is 104 Å². The van der Waals surface area contributed by atoms with Crippen LogP contribution in [0.4, 0.5) is 0 Å². The number of hydrogen-bond acceptors (Lipinski definition) is 15. The van der Waals surface area contributed by atoms with Crippen molar-refractivity contribution in [2.45, 2.75) is 162 Å². The maximum absolute atomic E-state index is 14.3. The van der Waals surface area contributed by atoms with E-state index >= 15 is 0 Å². The van der Waals surface area contributed by atoms with Crippen molar-refractivity contribution in [3.63, 3.8) is 0 Å². The molecule has 2 saturated heterocycles. The second-order valence-electron chi connectivity index (χ2n) is 19.4. The number of ether oxygens (including phenoxy) is 9. The smallest absolute Gasteiger partial charge is 0.303 e. The summed E-state index contributed by atoms with van der Waals surface area (Å²) >= 11 is 0. The van der Waals surface area contributed by atoms with Crippen molar-refractivity contribution in [1.29, 1.82) is 0 Å². The summed E-state index contributed by atoms with van der Waals surface area (Å²) in [5.41, 5.74) is 2.87. The van der Waals surface area contributed by atoms with E-state index in [4.69, 9.17) is 47.1 Å². The van der Waals surface area contributed by atoms with Crippen LogP contribution in [-0.4, -0.2) is 118 Å². The van der Waals surface area contributed by atoms with E-state index in [9.17, 15) is 24.0 Å². The minimum absolute atomic E-state index is 0.0262. The monoisotopic (exact) mass is 987 g/mol. The van der Waals surface area contributed by atoms with E-state index in [-0.39, 0.29) is 55.1 Å². The molecule has 3 heterocycles. The van der Waals surface area contributed by atoms with Crippen molar-refractivity contribution in [3.05, 3.63) is 119 Å². The lowest BCUT2D eigenvalue weighted by Crippen LogP contribution is -2.70. The molecule has 0 unspecified atom stereocenters. The van der Waals surface area contributed by atoms with Gasteiger partial charge in [0.15, 0.2) is 33.1 Å². The topological polar surface area (TPSA) is 181 Å². The Bertz CT molecular complexity index is 2270. The molecule has 0 spiro atoms. The molecule has 70 heavy (non-hydrogen) atoms. The van der Waals surface area contributed by atoms with Gasteiger partial charge in [-0.15, -0.1) is 0 Å². The molecule has 16 nitrogen and oxygen atoms in total. The van der Waals surface area contributed by atoms with Crippen molar-refractivity contribution < 1.29 is 71.0 Å². The fourth-order valence-corrected chi connectivity index (χ4v) is 11.1. The second kappa shape index (κ2) is 23.9. The molecule has 10 atom stereocenters. The molecule has 0 aliphatic carbocycles. The summed E-state index contributed by atoms with van der Waals surface area (Å²) in [6.07, 6.45) is -11.7. The first-order valence-corrected chi connectivity index (χ1v) is 26.7. The van der Waals surface area contributed by atoms with Crippen LogP contribution in [0.2, 0.25) is 18.1 Å². The summed E-state index contributed by atoms with van der Waals surface area (Å²) in [6.45, 7) is 19.0. The average molecular weight is 988 g/mol. The minimum atomic E-state index is -2.91. The predicted molar refractivity (Wildman–Crippen MR) is 258 cm³/mol. The number of esters is 3. The van der Waals surface area contributed by atoms with Crippen molar-refractivity contribution in [2.24, 2.45) is 5.92 Å². The van der Waals surface area contributed by atoms with Crippen molar-refractivity contribution in [2.75, 3.05) is 13.2 Å². The van der Waals surface area contributed by atoms with Gasteiger partial charge in [0, 0.05) is 31.9 Å². The fourth-order valence-electron chi connectivity index (χ4n) is 8.65. The Kier molecular flexibility index (Phi) is 18.5. The molecule has 0 N–H and O–H groups in total. The summed E-state index contributed by atoms with van der Waals surface area (Å²) in [7, 11) is -2.91. The number of nitrogens with zero attached hydrogens (tertiary/aromatic N) is 1. The number of carbonyl (C=O) groups is 5. The van der Waals surface area contributed by atoms with Crippen LogP contribution in [0, 0.1) is 5.92 Å². The summed E-state index contributed by atoms with van der Waals surface area (Å²) in [6, 6.07) is 26.8. The Balaban J connectivity index is 1.49. The molecule has 0 aromatic heterocycles. The van der Waals surface area contributed by atoms with Gasteiger partial charge in [0.2, 0.25) is 0 Å². The molecule has 380 valence electrons. The standard InChI is InChI=1S/C53H69NO15Si/c1-32(2)53(8,9)70(10,11)69-51-43(54-49(58)33(3)34(4)50(54)59)46(64-36(6)56)45(41(66-51)30-60-27-38-21-15-12-16-22-38)68-52-48(65-37(7)57)47(63-29-40-25-19-14-20-26-40)44(42(67-52)31-61-35(5)55)62-28-39-23-17-13-18-24-39/h12-26,32,41-48,51-52H,27-31H2,1-11H3/t41-,42-,43-,44-,45-,46-,47+,48-,51+,52+/m1/s1. The van der Waals surface area contributed by atoms with Crippen LogP contribution >= 0.6 is 0 Å². The fraction of sp³-hybridized carbons (Fsp3) is 0.528. The zero-order valence-corrected chi connectivity index (χ0v) is 43.1. The van der Waals surface area contributed by atoms with Gasteiger partial charge in [-0.25, -0.2) is 0 Å².